The van der Waals surface area contributed by atoms with Gasteiger partial charge in [-0.1, -0.05) is 6.92 Å². The summed E-state index contributed by atoms with van der Waals surface area (Å²) in [5.41, 5.74) is 6.04. The molecule has 0 saturated carbocycles. The van der Waals surface area contributed by atoms with E-state index >= 15 is 0 Å². The molecule has 1 aromatic carbocycles. The summed E-state index contributed by atoms with van der Waals surface area (Å²) in [5, 5.41) is 2.56. The van der Waals surface area contributed by atoms with Crippen molar-refractivity contribution in [1.29, 1.82) is 0 Å². The predicted octanol–water partition coefficient (Wildman–Crippen LogP) is 2.16. The number of nitrogens with zero attached hydrogens (tertiary/aromatic N) is 1. The third-order valence-corrected chi connectivity index (χ3v) is 5.33. The van der Waals surface area contributed by atoms with Gasteiger partial charge < -0.3 is 10.5 Å². The number of hydrogen-bond donors (Lipinski definition) is 2. The summed E-state index contributed by atoms with van der Waals surface area (Å²) in [6.07, 6.45) is 2.26. The zero-order chi connectivity index (χ0) is 15.5. The lowest BCUT2D eigenvalue weighted by Crippen LogP contribution is -2.28. The highest BCUT2D eigenvalue weighted by atomic mass is 32.2. The third-order valence-electron chi connectivity index (χ3n) is 2.97. The molecule has 0 spiro atoms. The average molecular weight is 327 g/mol. The van der Waals surface area contributed by atoms with Crippen molar-refractivity contribution in [2.75, 3.05) is 12.8 Å². The van der Waals surface area contributed by atoms with Crippen LogP contribution in [0.5, 0.6) is 5.75 Å². The van der Waals surface area contributed by atoms with Crippen LogP contribution in [0.2, 0.25) is 0 Å². The molecular weight excluding hydrogens is 310 g/mol. The van der Waals surface area contributed by atoms with E-state index in [0.717, 1.165) is 5.01 Å². The maximum absolute atomic E-state index is 12.4. The lowest BCUT2D eigenvalue weighted by atomic mass is 10.3. The topological polar surface area (TPSA) is 94.3 Å². The van der Waals surface area contributed by atoms with E-state index in [9.17, 15) is 8.42 Å². The first-order valence-electron chi connectivity index (χ1n) is 6.33. The highest BCUT2D eigenvalue weighted by Gasteiger charge is 2.22. The van der Waals surface area contributed by atoms with Crippen LogP contribution in [0.1, 0.15) is 24.4 Å². The summed E-state index contributed by atoms with van der Waals surface area (Å²) in [7, 11) is -2.18. The van der Waals surface area contributed by atoms with Gasteiger partial charge in [0, 0.05) is 11.6 Å². The lowest BCUT2D eigenvalue weighted by Gasteiger charge is -2.15. The van der Waals surface area contributed by atoms with Crippen molar-refractivity contribution in [3.8, 4) is 5.75 Å². The molecule has 0 saturated heterocycles. The van der Waals surface area contributed by atoms with E-state index in [1.807, 2.05) is 12.3 Å². The maximum atomic E-state index is 12.4. The fourth-order valence-electron chi connectivity index (χ4n) is 1.85. The van der Waals surface area contributed by atoms with Crippen LogP contribution in [0.3, 0.4) is 0 Å². The molecule has 0 bridgehead atoms. The number of benzene rings is 1. The van der Waals surface area contributed by atoms with Crippen molar-refractivity contribution in [2.24, 2.45) is 0 Å². The fourth-order valence-corrected chi connectivity index (χ4v) is 4.02. The van der Waals surface area contributed by atoms with Crippen molar-refractivity contribution in [3.05, 3.63) is 34.8 Å². The number of ether oxygens (including phenoxy) is 1. The second-order valence-corrected chi connectivity index (χ2v) is 7.00. The van der Waals surface area contributed by atoms with Crippen LogP contribution in [0.25, 0.3) is 0 Å². The Hall–Kier alpha value is -1.64. The monoisotopic (exact) mass is 327 g/mol. The molecule has 0 radical (unpaired) electrons. The number of nitrogen functional groups attached to an aromatic ring is 1. The molecule has 0 fully saturated rings. The molecule has 2 rings (SSSR count). The van der Waals surface area contributed by atoms with Gasteiger partial charge in [0.2, 0.25) is 10.0 Å². The normalized spacial score (nSPS) is 13.0. The van der Waals surface area contributed by atoms with Crippen LogP contribution in [0, 0.1) is 0 Å². The van der Waals surface area contributed by atoms with Crippen molar-refractivity contribution >= 4 is 27.0 Å². The Morgan fingerprint density at radius 3 is 2.76 bits per heavy atom. The van der Waals surface area contributed by atoms with Crippen molar-refractivity contribution in [1.82, 2.24) is 9.71 Å². The first-order valence-corrected chi connectivity index (χ1v) is 8.69. The molecule has 6 nitrogen and oxygen atoms in total. The minimum Gasteiger partial charge on any atom is -0.495 e. The van der Waals surface area contributed by atoms with E-state index in [2.05, 4.69) is 9.71 Å². The van der Waals surface area contributed by atoms with Gasteiger partial charge in [-0.05, 0) is 24.6 Å². The smallest absolute Gasteiger partial charge is 0.241 e. The summed E-state index contributed by atoms with van der Waals surface area (Å²) in [5.74, 6) is 0.445. The zero-order valence-electron chi connectivity index (χ0n) is 11.7. The van der Waals surface area contributed by atoms with E-state index in [-0.39, 0.29) is 16.6 Å². The van der Waals surface area contributed by atoms with E-state index in [1.165, 1.54) is 36.6 Å². The Morgan fingerprint density at radius 2 is 2.24 bits per heavy atom. The van der Waals surface area contributed by atoms with Gasteiger partial charge in [0.05, 0.1) is 23.7 Å². The molecule has 1 heterocycles. The van der Waals surface area contributed by atoms with Crippen molar-refractivity contribution in [3.63, 3.8) is 0 Å². The molecule has 0 aliphatic heterocycles. The first kappa shape index (κ1) is 15.7. The minimum absolute atomic E-state index is 0.107. The van der Waals surface area contributed by atoms with Gasteiger partial charge in [-0.25, -0.2) is 18.1 Å². The van der Waals surface area contributed by atoms with Crippen LogP contribution in [0.4, 0.5) is 5.69 Å². The lowest BCUT2D eigenvalue weighted by molar-refractivity contribution is 0.416. The third kappa shape index (κ3) is 3.52. The predicted molar refractivity (Wildman–Crippen MR) is 82.9 cm³/mol. The Kier molecular flexibility index (Phi) is 4.81. The number of hydrogen-bond acceptors (Lipinski definition) is 6. The minimum atomic E-state index is -3.66. The zero-order valence-corrected chi connectivity index (χ0v) is 13.4. The number of rotatable bonds is 6. The second-order valence-electron chi connectivity index (χ2n) is 4.36. The molecule has 2 aromatic rings. The summed E-state index contributed by atoms with van der Waals surface area (Å²) in [6, 6.07) is 4.04. The number of anilines is 1. The summed E-state index contributed by atoms with van der Waals surface area (Å²) >= 11 is 1.42. The van der Waals surface area contributed by atoms with E-state index in [0.29, 0.717) is 12.2 Å². The molecule has 0 aliphatic rings. The number of thiazole rings is 1. The molecule has 114 valence electrons. The number of sulfonamides is 1. The van der Waals surface area contributed by atoms with Crippen LogP contribution in [-0.2, 0) is 10.0 Å². The Morgan fingerprint density at radius 1 is 1.48 bits per heavy atom. The molecule has 1 unspecified atom stereocenters. The highest BCUT2D eigenvalue weighted by molar-refractivity contribution is 7.89. The summed E-state index contributed by atoms with van der Waals surface area (Å²) < 4.78 is 32.5. The van der Waals surface area contributed by atoms with E-state index in [4.69, 9.17) is 10.5 Å². The highest BCUT2D eigenvalue weighted by Crippen LogP contribution is 2.26. The summed E-state index contributed by atoms with van der Waals surface area (Å²) in [4.78, 5) is 4.26. The van der Waals surface area contributed by atoms with Gasteiger partial charge in [-0.2, -0.15) is 0 Å². The van der Waals surface area contributed by atoms with Gasteiger partial charge in [0.15, 0.2) is 0 Å². The van der Waals surface area contributed by atoms with Gasteiger partial charge in [0.1, 0.15) is 10.8 Å². The number of methoxy groups -OCH3 is 1. The Balaban J connectivity index is 2.27. The Bertz CT molecular complexity index is 699. The van der Waals surface area contributed by atoms with Crippen LogP contribution in [-0.4, -0.2) is 20.5 Å². The molecule has 3 N–H and O–H groups in total. The largest absolute Gasteiger partial charge is 0.495 e. The molecule has 0 amide bonds. The number of nitrogens with two attached hydrogens (primary N) is 1. The van der Waals surface area contributed by atoms with Crippen LogP contribution < -0.4 is 15.2 Å². The standard InChI is InChI=1S/C13H17N3O3S2/c1-3-11(13-15-6-7-20-13)16-21(17,18)9-4-5-12(19-2)10(14)8-9/h4-8,11,16H,3,14H2,1-2H3. The van der Waals surface area contributed by atoms with Gasteiger partial charge in [-0.15, -0.1) is 11.3 Å². The van der Waals surface area contributed by atoms with E-state index < -0.39 is 10.0 Å². The molecular formula is C13H17N3O3S2. The van der Waals surface area contributed by atoms with Gasteiger partial charge in [-0.3, -0.25) is 0 Å². The average Bonchev–Trinajstić information content (AvgIpc) is 2.98. The molecule has 1 aromatic heterocycles. The van der Waals surface area contributed by atoms with Crippen molar-refractivity contribution in [2.45, 2.75) is 24.3 Å². The van der Waals surface area contributed by atoms with Crippen molar-refractivity contribution < 1.29 is 13.2 Å². The number of aromatic nitrogens is 1. The molecule has 1 atom stereocenters. The SMILES string of the molecule is CCC(NS(=O)(=O)c1ccc(OC)c(N)c1)c1nccs1. The first-order chi connectivity index (χ1) is 9.97. The second kappa shape index (κ2) is 6.42. The Labute approximate surface area is 128 Å². The van der Waals surface area contributed by atoms with Crippen LogP contribution >= 0.6 is 11.3 Å². The van der Waals surface area contributed by atoms with Gasteiger partial charge in [0.25, 0.3) is 0 Å². The van der Waals surface area contributed by atoms with Crippen LogP contribution in [0.15, 0.2) is 34.7 Å². The van der Waals surface area contributed by atoms with E-state index in [1.54, 1.807) is 6.20 Å². The molecule has 21 heavy (non-hydrogen) atoms. The fraction of sp³-hybridized carbons (Fsp3) is 0.308. The number of nitrogens with one attached hydrogen (secondary N) is 1. The molecule has 0 aliphatic carbocycles. The quantitative estimate of drug-likeness (QED) is 0.793. The maximum Gasteiger partial charge on any atom is 0.241 e. The summed E-state index contributed by atoms with van der Waals surface area (Å²) in [6.45, 7) is 1.90. The molecule has 8 heteroatoms. The van der Waals surface area contributed by atoms with Gasteiger partial charge >= 0.3 is 0 Å².